The van der Waals surface area contributed by atoms with Gasteiger partial charge < -0.3 is 15.2 Å². The lowest BCUT2D eigenvalue weighted by atomic mass is 9.93. The maximum atomic E-state index is 11.0. The second-order valence-electron chi connectivity index (χ2n) is 5.56. The van der Waals surface area contributed by atoms with Crippen LogP contribution in [0.15, 0.2) is 23.6 Å². The van der Waals surface area contributed by atoms with Crippen LogP contribution < -0.4 is 5.32 Å². The monoisotopic (exact) mass is 422 g/mol. The van der Waals surface area contributed by atoms with E-state index in [4.69, 9.17) is 33.0 Å². The van der Waals surface area contributed by atoms with Crippen LogP contribution in [0.4, 0.5) is 0 Å². The normalized spacial score (nSPS) is 20.6. The van der Waals surface area contributed by atoms with E-state index in [1.54, 1.807) is 11.4 Å². The topological polar surface area (TPSA) is 71.5 Å². The van der Waals surface area contributed by atoms with Crippen molar-refractivity contribution in [2.24, 2.45) is 5.92 Å². The van der Waals surface area contributed by atoms with Gasteiger partial charge in [0.2, 0.25) is 0 Å². The summed E-state index contributed by atoms with van der Waals surface area (Å²) in [5, 5.41) is 15.7. The maximum Gasteiger partial charge on any atom is 0.355 e. The fourth-order valence-corrected chi connectivity index (χ4v) is 3.92. The molecule has 3 rings (SSSR count). The summed E-state index contributed by atoms with van der Waals surface area (Å²) < 4.78 is 6.02. The largest absolute Gasteiger partial charge is 0.476 e. The molecule has 136 valence electrons. The number of carbonyl (C=O) groups is 1. The minimum absolute atomic E-state index is 0. The average Bonchev–Trinajstić information content (AvgIpc) is 2.90. The molecule has 5 nitrogen and oxygen atoms in total. The zero-order valence-electron chi connectivity index (χ0n) is 13.1. The van der Waals surface area contributed by atoms with Crippen LogP contribution in [0.2, 0.25) is 10.0 Å². The van der Waals surface area contributed by atoms with Gasteiger partial charge in [0.25, 0.3) is 0 Å². The third-order valence-electron chi connectivity index (χ3n) is 3.89. The summed E-state index contributed by atoms with van der Waals surface area (Å²) in [6.07, 6.45) is 0.488. The first-order valence-electron chi connectivity index (χ1n) is 7.49. The van der Waals surface area contributed by atoms with E-state index in [1.165, 1.54) is 11.3 Å². The summed E-state index contributed by atoms with van der Waals surface area (Å²) >= 11 is 13.5. The van der Waals surface area contributed by atoms with Crippen molar-refractivity contribution in [3.05, 3.63) is 49.9 Å². The van der Waals surface area contributed by atoms with Gasteiger partial charge in [-0.3, -0.25) is 0 Å². The molecule has 1 aromatic carbocycles. The Morgan fingerprint density at radius 2 is 2.20 bits per heavy atom. The summed E-state index contributed by atoms with van der Waals surface area (Å²) in [5.74, 6) is -0.883. The Bertz CT molecular complexity index is 741. The molecule has 2 atom stereocenters. The second-order valence-corrected chi connectivity index (χ2v) is 7.32. The molecular formula is C16H17Cl3N2O3S. The number of thiazole rings is 1. The van der Waals surface area contributed by atoms with Crippen molar-refractivity contribution in [1.82, 2.24) is 10.3 Å². The molecular weight excluding hydrogens is 407 g/mol. The molecule has 9 heteroatoms. The van der Waals surface area contributed by atoms with Crippen LogP contribution in [-0.4, -0.2) is 35.8 Å². The SMILES string of the molecule is Cl.O=C(O)c1csc(C[C@@H]2CNCCO[C@H]2c2ccc(Cl)c(Cl)c2)n1. The number of nitrogens with one attached hydrogen (secondary N) is 1. The third-order valence-corrected chi connectivity index (χ3v) is 5.50. The van der Waals surface area contributed by atoms with Gasteiger partial charge in [0, 0.05) is 30.8 Å². The van der Waals surface area contributed by atoms with E-state index in [-0.39, 0.29) is 30.1 Å². The predicted octanol–water partition coefficient (Wildman–Crippen LogP) is 4.09. The summed E-state index contributed by atoms with van der Waals surface area (Å²) in [4.78, 5) is 15.2. The smallest absolute Gasteiger partial charge is 0.355 e. The van der Waals surface area contributed by atoms with Crippen LogP contribution >= 0.6 is 46.9 Å². The number of rotatable bonds is 4. The highest BCUT2D eigenvalue weighted by molar-refractivity contribution is 7.09. The molecule has 0 spiro atoms. The number of hydrogen-bond donors (Lipinski definition) is 2. The number of hydrogen-bond acceptors (Lipinski definition) is 5. The molecule has 0 bridgehead atoms. The standard InChI is InChI=1S/C16H16Cl2N2O3S.ClH/c17-11-2-1-9(5-12(11)18)15-10(7-19-3-4-23-15)6-14-20-13(8-24-14)16(21)22;/h1-2,5,8,10,15,19H,3-4,6-7H2,(H,21,22);1H/t10-,15+;/m1./s1. The van der Waals surface area contributed by atoms with Crippen LogP contribution in [0.1, 0.15) is 27.2 Å². The molecule has 1 aromatic heterocycles. The van der Waals surface area contributed by atoms with Gasteiger partial charge in [0.15, 0.2) is 5.69 Å². The number of nitrogens with zero attached hydrogens (tertiary/aromatic N) is 1. The Labute approximate surface area is 165 Å². The third kappa shape index (κ3) is 5.06. The number of carboxylic acids is 1. The molecule has 0 unspecified atom stereocenters. The average molecular weight is 424 g/mol. The molecule has 0 aliphatic carbocycles. The van der Waals surface area contributed by atoms with Crippen LogP contribution in [-0.2, 0) is 11.2 Å². The highest BCUT2D eigenvalue weighted by Crippen LogP contribution is 2.34. The first kappa shape index (κ1) is 20.4. The fraction of sp³-hybridized carbons (Fsp3) is 0.375. The van der Waals surface area contributed by atoms with E-state index in [1.807, 2.05) is 12.1 Å². The first-order chi connectivity index (χ1) is 11.5. The van der Waals surface area contributed by atoms with E-state index in [2.05, 4.69) is 10.3 Å². The van der Waals surface area contributed by atoms with E-state index < -0.39 is 5.97 Å². The van der Waals surface area contributed by atoms with Crippen molar-refractivity contribution in [3.63, 3.8) is 0 Å². The molecule has 0 radical (unpaired) electrons. The van der Waals surface area contributed by atoms with Gasteiger partial charge in [-0.05, 0) is 17.7 Å². The van der Waals surface area contributed by atoms with Crippen molar-refractivity contribution in [2.75, 3.05) is 19.7 Å². The molecule has 1 fully saturated rings. The summed E-state index contributed by atoms with van der Waals surface area (Å²) in [6, 6.07) is 5.52. The van der Waals surface area contributed by atoms with Crippen molar-refractivity contribution in [2.45, 2.75) is 12.5 Å². The Balaban J connectivity index is 0.00000225. The molecule has 2 aromatic rings. The van der Waals surface area contributed by atoms with Gasteiger partial charge in [-0.15, -0.1) is 23.7 Å². The molecule has 1 aliphatic heterocycles. The van der Waals surface area contributed by atoms with Gasteiger partial charge in [-0.25, -0.2) is 9.78 Å². The van der Waals surface area contributed by atoms with Crippen molar-refractivity contribution >= 4 is 52.9 Å². The van der Waals surface area contributed by atoms with Crippen molar-refractivity contribution in [3.8, 4) is 0 Å². The zero-order chi connectivity index (χ0) is 17.1. The number of aromatic carboxylic acids is 1. The number of carboxylic acid groups (broad SMARTS) is 1. The molecule has 2 heterocycles. The molecule has 1 aliphatic rings. The molecule has 2 N–H and O–H groups in total. The molecule has 0 saturated carbocycles. The number of aromatic nitrogens is 1. The lowest BCUT2D eigenvalue weighted by molar-refractivity contribution is 0.0307. The van der Waals surface area contributed by atoms with Gasteiger partial charge in [0.1, 0.15) is 0 Å². The van der Waals surface area contributed by atoms with Gasteiger partial charge in [0.05, 0.1) is 27.8 Å². The molecule has 0 amide bonds. The van der Waals surface area contributed by atoms with Crippen LogP contribution in [0.5, 0.6) is 0 Å². The lowest BCUT2D eigenvalue weighted by Crippen LogP contribution is -2.26. The minimum Gasteiger partial charge on any atom is -0.476 e. The summed E-state index contributed by atoms with van der Waals surface area (Å²) in [6.45, 7) is 2.12. The molecule has 25 heavy (non-hydrogen) atoms. The predicted molar refractivity (Wildman–Crippen MR) is 102 cm³/mol. The Kier molecular flexibility index (Phi) is 7.49. The van der Waals surface area contributed by atoms with E-state index >= 15 is 0 Å². The zero-order valence-corrected chi connectivity index (χ0v) is 16.2. The van der Waals surface area contributed by atoms with Crippen LogP contribution in [0.25, 0.3) is 0 Å². The Hall–Kier alpha value is -0.890. The first-order valence-corrected chi connectivity index (χ1v) is 9.13. The number of ether oxygens (including phenoxy) is 1. The summed E-state index contributed by atoms with van der Waals surface area (Å²) in [5.41, 5.74) is 1.05. The van der Waals surface area contributed by atoms with Crippen molar-refractivity contribution < 1.29 is 14.6 Å². The van der Waals surface area contributed by atoms with E-state index in [9.17, 15) is 4.79 Å². The van der Waals surface area contributed by atoms with Crippen LogP contribution in [0, 0.1) is 5.92 Å². The highest BCUT2D eigenvalue weighted by atomic mass is 35.5. The number of benzene rings is 1. The quantitative estimate of drug-likeness (QED) is 0.775. The maximum absolute atomic E-state index is 11.0. The van der Waals surface area contributed by atoms with E-state index in [0.29, 0.717) is 23.1 Å². The van der Waals surface area contributed by atoms with E-state index in [0.717, 1.165) is 23.7 Å². The van der Waals surface area contributed by atoms with Gasteiger partial charge in [-0.2, -0.15) is 0 Å². The second kappa shape index (κ2) is 9.16. The fourth-order valence-electron chi connectivity index (χ4n) is 2.75. The van der Waals surface area contributed by atoms with Crippen molar-refractivity contribution in [1.29, 1.82) is 0 Å². The van der Waals surface area contributed by atoms with Gasteiger partial charge in [-0.1, -0.05) is 29.3 Å². The summed E-state index contributed by atoms with van der Waals surface area (Å²) in [7, 11) is 0. The molecule has 1 saturated heterocycles. The number of halogens is 3. The minimum atomic E-state index is -1.01. The van der Waals surface area contributed by atoms with Crippen LogP contribution in [0.3, 0.4) is 0 Å². The highest BCUT2D eigenvalue weighted by Gasteiger charge is 2.28. The Morgan fingerprint density at radius 1 is 1.40 bits per heavy atom. The lowest BCUT2D eigenvalue weighted by Gasteiger charge is -2.24. The Morgan fingerprint density at radius 3 is 2.88 bits per heavy atom. The van der Waals surface area contributed by atoms with Gasteiger partial charge >= 0.3 is 5.97 Å².